The molecule has 0 aliphatic carbocycles. The number of rotatable bonds is 7. The highest BCUT2D eigenvalue weighted by Gasteiger charge is 2.16. The Bertz CT molecular complexity index is 518. The number of aliphatic carboxylic acids is 1. The van der Waals surface area contributed by atoms with Gasteiger partial charge in [0.2, 0.25) is 5.76 Å². The largest absolute Gasteiger partial charge is 0.480 e. The molecule has 0 fully saturated rings. The zero-order chi connectivity index (χ0) is 13.7. The number of carboxylic acids is 1. The number of carboxylic acid groups (broad SMARTS) is 1. The number of carbonyl (C=O) groups is 1. The lowest BCUT2D eigenvalue weighted by Crippen LogP contribution is -2.36. The van der Waals surface area contributed by atoms with Gasteiger partial charge in [-0.05, 0) is 18.6 Å². The van der Waals surface area contributed by atoms with Crippen LogP contribution in [0.2, 0.25) is 0 Å². The second kappa shape index (κ2) is 6.19. The number of hydrogen-bond donors (Lipinski definition) is 2. The number of furan rings is 1. The van der Waals surface area contributed by atoms with Crippen molar-refractivity contribution in [2.75, 3.05) is 0 Å². The van der Waals surface area contributed by atoms with Crippen molar-refractivity contribution in [3.05, 3.63) is 30.2 Å². The second-order valence-corrected chi connectivity index (χ2v) is 4.22. The predicted molar refractivity (Wildman–Crippen MR) is 67.4 cm³/mol. The molecule has 0 saturated heterocycles. The number of nitrogens with one attached hydrogen (secondary N) is 1. The smallest absolute Gasteiger partial charge is 0.320 e. The molecule has 0 aliphatic heterocycles. The van der Waals surface area contributed by atoms with Crippen molar-refractivity contribution in [3.63, 3.8) is 0 Å². The first kappa shape index (κ1) is 13.4. The maximum atomic E-state index is 11.0. The lowest BCUT2D eigenvalue weighted by Gasteiger charge is -2.11. The van der Waals surface area contributed by atoms with E-state index in [0.717, 1.165) is 6.42 Å². The molecule has 0 saturated carbocycles. The number of aromatic nitrogens is 1. The summed E-state index contributed by atoms with van der Waals surface area (Å²) in [7, 11) is 0. The van der Waals surface area contributed by atoms with Gasteiger partial charge in [-0.2, -0.15) is 0 Å². The first-order chi connectivity index (χ1) is 9.20. The van der Waals surface area contributed by atoms with Crippen LogP contribution < -0.4 is 5.32 Å². The van der Waals surface area contributed by atoms with E-state index in [0.29, 0.717) is 30.2 Å². The van der Waals surface area contributed by atoms with E-state index in [9.17, 15) is 4.79 Å². The first-order valence-electron chi connectivity index (χ1n) is 6.16. The minimum absolute atomic E-state index is 0.348. The van der Waals surface area contributed by atoms with Crippen LogP contribution in [0.1, 0.15) is 25.5 Å². The topological polar surface area (TPSA) is 88.5 Å². The standard InChI is InChI=1S/C13H16N2O4/c1-2-4-10(13(16)17)14-8-9-7-12(19-15-9)11-5-3-6-18-11/h3,5-7,10,14H,2,4,8H2,1H3,(H,16,17). The van der Waals surface area contributed by atoms with Gasteiger partial charge in [0.25, 0.3) is 0 Å². The minimum Gasteiger partial charge on any atom is -0.480 e. The molecule has 6 nitrogen and oxygen atoms in total. The van der Waals surface area contributed by atoms with Crippen LogP contribution >= 0.6 is 0 Å². The summed E-state index contributed by atoms with van der Waals surface area (Å²) in [6.45, 7) is 2.30. The average molecular weight is 264 g/mol. The monoisotopic (exact) mass is 264 g/mol. The van der Waals surface area contributed by atoms with Gasteiger partial charge >= 0.3 is 5.97 Å². The third-order valence-electron chi connectivity index (χ3n) is 2.73. The van der Waals surface area contributed by atoms with Crippen LogP contribution in [-0.2, 0) is 11.3 Å². The van der Waals surface area contributed by atoms with Crippen LogP contribution in [-0.4, -0.2) is 22.3 Å². The van der Waals surface area contributed by atoms with Gasteiger partial charge in [-0.25, -0.2) is 0 Å². The molecular formula is C13H16N2O4. The fourth-order valence-corrected chi connectivity index (χ4v) is 1.76. The van der Waals surface area contributed by atoms with Crippen LogP contribution in [0.4, 0.5) is 0 Å². The highest BCUT2D eigenvalue weighted by Crippen LogP contribution is 2.20. The maximum absolute atomic E-state index is 11.0. The maximum Gasteiger partial charge on any atom is 0.320 e. The fraction of sp³-hybridized carbons (Fsp3) is 0.385. The summed E-state index contributed by atoms with van der Waals surface area (Å²) in [4.78, 5) is 11.0. The second-order valence-electron chi connectivity index (χ2n) is 4.22. The summed E-state index contributed by atoms with van der Waals surface area (Å²) in [6, 6.07) is 4.71. The quantitative estimate of drug-likeness (QED) is 0.797. The zero-order valence-corrected chi connectivity index (χ0v) is 10.6. The molecule has 0 amide bonds. The van der Waals surface area contributed by atoms with E-state index in [-0.39, 0.29) is 0 Å². The molecule has 0 aromatic carbocycles. The van der Waals surface area contributed by atoms with Gasteiger partial charge in [-0.1, -0.05) is 18.5 Å². The van der Waals surface area contributed by atoms with Gasteiger partial charge in [0, 0.05) is 12.6 Å². The molecule has 102 valence electrons. The van der Waals surface area contributed by atoms with Gasteiger partial charge in [0.1, 0.15) is 6.04 Å². The summed E-state index contributed by atoms with van der Waals surface area (Å²) < 4.78 is 10.3. The van der Waals surface area contributed by atoms with Gasteiger partial charge in [-0.3, -0.25) is 10.1 Å². The molecular weight excluding hydrogens is 248 g/mol. The van der Waals surface area contributed by atoms with Crippen LogP contribution in [0.5, 0.6) is 0 Å². The number of nitrogens with zero attached hydrogens (tertiary/aromatic N) is 1. The molecule has 2 rings (SSSR count). The molecule has 2 N–H and O–H groups in total. The van der Waals surface area contributed by atoms with Crippen LogP contribution in [0, 0.1) is 0 Å². The van der Waals surface area contributed by atoms with Crippen LogP contribution in [0.25, 0.3) is 11.5 Å². The Balaban J connectivity index is 1.95. The Hall–Kier alpha value is -2.08. The van der Waals surface area contributed by atoms with Crippen molar-refractivity contribution >= 4 is 5.97 Å². The molecule has 1 atom stereocenters. The van der Waals surface area contributed by atoms with Crippen molar-refractivity contribution in [2.45, 2.75) is 32.4 Å². The third-order valence-corrected chi connectivity index (χ3v) is 2.73. The van der Waals surface area contributed by atoms with Gasteiger partial charge in [-0.15, -0.1) is 0 Å². The fourth-order valence-electron chi connectivity index (χ4n) is 1.76. The molecule has 2 aromatic heterocycles. The Labute approximate surface area is 110 Å². The van der Waals surface area contributed by atoms with Gasteiger partial charge in [0.15, 0.2) is 5.76 Å². The molecule has 0 radical (unpaired) electrons. The van der Waals surface area contributed by atoms with E-state index >= 15 is 0 Å². The molecule has 6 heteroatoms. The Kier molecular flexibility index (Phi) is 4.35. The lowest BCUT2D eigenvalue weighted by molar-refractivity contribution is -0.139. The number of hydrogen-bond acceptors (Lipinski definition) is 5. The van der Waals surface area contributed by atoms with E-state index < -0.39 is 12.0 Å². The van der Waals surface area contributed by atoms with Crippen LogP contribution in [0.15, 0.2) is 33.4 Å². The highest BCUT2D eigenvalue weighted by molar-refractivity contribution is 5.73. The third kappa shape index (κ3) is 3.45. The SMILES string of the molecule is CCCC(NCc1cc(-c2ccco2)on1)C(=O)O. The molecule has 0 spiro atoms. The summed E-state index contributed by atoms with van der Waals surface area (Å²) in [5.74, 6) is 0.280. The van der Waals surface area contributed by atoms with E-state index in [1.54, 1.807) is 24.5 Å². The van der Waals surface area contributed by atoms with Crippen molar-refractivity contribution in [1.82, 2.24) is 10.5 Å². The Morgan fingerprint density at radius 2 is 2.37 bits per heavy atom. The lowest BCUT2D eigenvalue weighted by atomic mass is 10.1. The van der Waals surface area contributed by atoms with E-state index in [1.807, 2.05) is 6.92 Å². The van der Waals surface area contributed by atoms with E-state index in [4.69, 9.17) is 14.0 Å². The van der Waals surface area contributed by atoms with Crippen LogP contribution in [0.3, 0.4) is 0 Å². The predicted octanol–water partition coefficient (Wildman–Crippen LogP) is 2.28. The Morgan fingerprint density at radius 3 is 3.00 bits per heavy atom. The minimum atomic E-state index is -0.850. The van der Waals surface area contributed by atoms with Crippen molar-refractivity contribution in [3.8, 4) is 11.5 Å². The summed E-state index contributed by atoms with van der Waals surface area (Å²) in [5, 5.41) is 15.8. The average Bonchev–Trinajstić information content (AvgIpc) is 3.04. The molecule has 2 heterocycles. The zero-order valence-electron chi connectivity index (χ0n) is 10.6. The summed E-state index contributed by atoms with van der Waals surface area (Å²) in [5.41, 5.74) is 0.647. The van der Waals surface area contributed by atoms with E-state index in [1.165, 1.54) is 0 Å². The molecule has 0 bridgehead atoms. The summed E-state index contributed by atoms with van der Waals surface area (Å²) in [6.07, 6.45) is 2.94. The molecule has 2 aromatic rings. The van der Waals surface area contributed by atoms with Gasteiger partial charge < -0.3 is 14.0 Å². The van der Waals surface area contributed by atoms with Crippen molar-refractivity contribution < 1.29 is 18.8 Å². The van der Waals surface area contributed by atoms with Crippen molar-refractivity contribution in [2.24, 2.45) is 0 Å². The highest BCUT2D eigenvalue weighted by atomic mass is 16.5. The first-order valence-corrected chi connectivity index (χ1v) is 6.16. The Morgan fingerprint density at radius 1 is 1.53 bits per heavy atom. The summed E-state index contributed by atoms with van der Waals surface area (Å²) >= 11 is 0. The molecule has 19 heavy (non-hydrogen) atoms. The van der Waals surface area contributed by atoms with Crippen molar-refractivity contribution in [1.29, 1.82) is 0 Å². The van der Waals surface area contributed by atoms with Gasteiger partial charge in [0.05, 0.1) is 12.0 Å². The molecule has 1 unspecified atom stereocenters. The normalized spacial score (nSPS) is 12.5. The molecule has 0 aliphatic rings. The van der Waals surface area contributed by atoms with E-state index in [2.05, 4.69) is 10.5 Å².